The molecule has 0 saturated heterocycles. The van der Waals surface area contributed by atoms with Crippen molar-refractivity contribution in [2.75, 3.05) is 13.3 Å². The number of aromatic amines is 1. The molecule has 0 unspecified atom stereocenters. The van der Waals surface area contributed by atoms with Gasteiger partial charge < -0.3 is 19.4 Å². The number of rotatable bonds is 4. The average Bonchev–Trinajstić information content (AvgIpc) is 3.24. The summed E-state index contributed by atoms with van der Waals surface area (Å²) in [7, 11) is 0. The van der Waals surface area contributed by atoms with Crippen LogP contribution in [0.5, 0.6) is 11.5 Å². The zero-order valence-electron chi connectivity index (χ0n) is 13.7. The highest BCUT2D eigenvalue weighted by molar-refractivity contribution is 6.31. The van der Waals surface area contributed by atoms with Crippen LogP contribution in [0.1, 0.15) is 23.0 Å². The van der Waals surface area contributed by atoms with Crippen LogP contribution in [-0.4, -0.2) is 29.1 Å². The van der Waals surface area contributed by atoms with E-state index in [1.807, 2.05) is 43.3 Å². The fourth-order valence-corrected chi connectivity index (χ4v) is 3.16. The maximum Gasteiger partial charge on any atom is 0.270 e. The maximum atomic E-state index is 12.9. The SMILES string of the molecule is CCN(Cc1ccc2c(c1)OCO2)C(=O)c1cc2cc(Cl)ccc2[nH]1. The molecule has 0 atom stereocenters. The first-order valence-corrected chi connectivity index (χ1v) is 8.48. The van der Waals surface area contributed by atoms with Crippen LogP contribution in [-0.2, 0) is 6.54 Å². The van der Waals surface area contributed by atoms with Crippen molar-refractivity contribution < 1.29 is 14.3 Å². The normalized spacial score (nSPS) is 12.6. The number of hydrogen-bond acceptors (Lipinski definition) is 3. The number of H-pyrrole nitrogens is 1. The van der Waals surface area contributed by atoms with Gasteiger partial charge in [-0.1, -0.05) is 17.7 Å². The van der Waals surface area contributed by atoms with Crippen LogP contribution in [0.3, 0.4) is 0 Å². The summed E-state index contributed by atoms with van der Waals surface area (Å²) >= 11 is 6.02. The monoisotopic (exact) mass is 356 g/mol. The Morgan fingerprint density at radius 1 is 1.16 bits per heavy atom. The van der Waals surface area contributed by atoms with E-state index in [0.29, 0.717) is 23.8 Å². The first kappa shape index (κ1) is 15.8. The average molecular weight is 357 g/mol. The first-order valence-electron chi connectivity index (χ1n) is 8.10. The minimum absolute atomic E-state index is 0.0486. The van der Waals surface area contributed by atoms with Gasteiger partial charge in [-0.3, -0.25) is 4.79 Å². The number of carbonyl (C=O) groups is 1. The van der Waals surface area contributed by atoms with Crippen LogP contribution in [0.4, 0.5) is 0 Å². The van der Waals surface area contributed by atoms with E-state index in [4.69, 9.17) is 21.1 Å². The molecular formula is C19H17ClN2O3. The third kappa shape index (κ3) is 3.03. The first-order chi connectivity index (χ1) is 12.1. The van der Waals surface area contributed by atoms with Crippen molar-refractivity contribution in [3.8, 4) is 11.5 Å². The van der Waals surface area contributed by atoms with Crippen molar-refractivity contribution in [1.82, 2.24) is 9.88 Å². The number of fused-ring (bicyclic) bond motifs is 2. The lowest BCUT2D eigenvalue weighted by Crippen LogP contribution is -2.30. The van der Waals surface area contributed by atoms with Crippen molar-refractivity contribution in [1.29, 1.82) is 0 Å². The van der Waals surface area contributed by atoms with Crippen molar-refractivity contribution in [3.63, 3.8) is 0 Å². The fraction of sp³-hybridized carbons (Fsp3) is 0.211. The number of ether oxygens (including phenoxy) is 2. The van der Waals surface area contributed by atoms with Gasteiger partial charge in [-0.25, -0.2) is 0 Å². The molecule has 0 fully saturated rings. The Morgan fingerprint density at radius 2 is 2.00 bits per heavy atom. The molecule has 1 aliphatic rings. The number of aromatic nitrogens is 1. The van der Waals surface area contributed by atoms with Gasteiger partial charge in [0.05, 0.1) is 0 Å². The summed E-state index contributed by atoms with van der Waals surface area (Å²) in [5, 5.41) is 1.58. The van der Waals surface area contributed by atoms with Crippen LogP contribution >= 0.6 is 11.6 Å². The van der Waals surface area contributed by atoms with E-state index in [9.17, 15) is 4.79 Å². The van der Waals surface area contributed by atoms with Crippen molar-refractivity contribution in [2.24, 2.45) is 0 Å². The third-order valence-electron chi connectivity index (χ3n) is 4.29. The minimum Gasteiger partial charge on any atom is -0.454 e. The smallest absolute Gasteiger partial charge is 0.270 e. The Labute approximate surface area is 150 Å². The maximum absolute atomic E-state index is 12.9. The lowest BCUT2D eigenvalue weighted by Gasteiger charge is -2.20. The van der Waals surface area contributed by atoms with Crippen LogP contribution in [0.25, 0.3) is 10.9 Å². The van der Waals surface area contributed by atoms with E-state index in [1.54, 1.807) is 11.0 Å². The molecule has 3 aromatic rings. The molecule has 1 aliphatic heterocycles. The summed E-state index contributed by atoms with van der Waals surface area (Å²) in [6.07, 6.45) is 0. The molecule has 25 heavy (non-hydrogen) atoms. The van der Waals surface area contributed by atoms with Crippen molar-refractivity contribution in [3.05, 3.63) is 58.7 Å². The van der Waals surface area contributed by atoms with E-state index in [1.165, 1.54) is 0 Å². The number of amides is 1. The highest BCUT2D eigenvalue weighted by atomic mass is 35.5. The van der Waals surface area contributed by atoms with E-state index in [0.717, 1.165) is 28.0 Å². The second-order valence-corrected chi connectivity index (χ2v) is 6.36. The number of carbonyl (C=O) groups excluding carboxylic acids is 1. The quantitative estimate of drug-likeness (QED) is 0.761. The molecule has 0 radical (unpaired) electrons. The van der Waals surface area contributed by atoms with Crippen LogP contribution < -0.4 is 9.47 Å². The number of nitrogens with zero attached hydrogens (tertiary/aromatic N) is 1. The summed E-state index contributed by atoms with van der Waals surface area (Å²) in [5.41, 5.74) is 2.45. The van der Waals surface area contributed by atoms with Gasteiger partial charge in [0, 0.05) is 29.0 Å². The largest absolute Gasteiger partial charge is 0.454 e. The molecule has 0 bridgehead atoms. The van der Waals surface area contributed by atoms with E-state index < -0.39 is 0 Å². The Balaban J connectivity index is 1.57. The zero-order valence-corrected chi connectivity index (χ0v) is 14.5. The van der Waals surface area contributed by atoms with Gasteiger partial charge in [0.15, 0.2) is 11.5 Å². The van der Waals surface area contributed by atoms with Gasteiger partial charge in [-0.2, -0.15) is 0 Å². The van der Waals surface area contributed by atoms with Gasteiger partial charge in [0.2, 0.25) is 6.79 Å². The number of hydrogen-bond donors (Lipinski definition) is 1. The fourth-order valence-electron chi connectivity index (χ4n) is 2.98. The lowest BCUT2D eigenvalue weighted by atomic mass is 10.2. The second-order valence-electron chi connectivity index (χ2n) is 5.92. The molecular weight excluding hydrogens is 340 g/mol. The zero-order chi connectivity index (χ0) is 17.4. The highest BCUT2D eigenvalue weighted by Crippen LogP contribution is 2.33. The molecule has 5 nitrogen and oxygen atoms in total. The lowest BCUT2D eigenvalue weighted by molar-refractivity contribution is 0.0747. The van der Waals surface area contributed by atoms with E-state index >= 15 is 0 Å². The van der Waals surface area contributed by atoms with Gasteiger partial charge >= 0.3 is 0 Å². The Bertz CT molecular complexity index is 951. The standard InChI is InChI=1S/C19H17ClN2O3/c1-2-22(10-12-3-6-17-18(7-12)25-11-24-17)19(23)16-9-13-8-14(20)4-5-15(13)21-16/h3-9,21H,2,10-11H2,1H3. The predicted molar refractivity (Wildman–Crippen MR) is 96.3 cm³/mol. The second kappa shape index (κ2) is 6.33. The molecule has 2 aromatic carbocycles. The van der Waals surface area contributed by atoms with Gasteiger partial charge in [0.1, 0.15) is 5.69 Å². The molecule has 0 aliphatic carbocycles. The number of nitrogens with one attached hydrogen (secondary N) is 1. The molecule has 1 aromatic heterocycles. The summed E-state index contributed by atoms with van der Waals surface area (Å²) in [4.78, 5) is 17.8. The van der Waals surface area contributed by atoms with Crippen molar-refractivity contribution in [2.45, 2.75) is 13.5 Å². The molecule has 0 spiro atoms. The molecule has 1 N–H and O–H groups in total. The number of halogens is 1. The molecule has 1 amide bonds. The molecule has 6 heteroatoms. The summed E-state index contributed by atoms with van der Waals surface area (Å²) in [6, 6.07) is 13.1. The van der Waals surface area contributed by atoms with Gasteiger partial charge in [-0.05, 0) is 48.9 Å². The minimum atomic E-state index is -0.0486. The van der Waals surface area contributed by atoms with E-state index in [2.05, 4.69) is 4.98 Å². The topological polar surface area (TPSA) is 54.6 Å². The molecule has 0 saturated carbocycles. The Kier molecular flexibility index (Phi) is 4.01. The third-order valence-corrected chi connectivity index (χ3v) is 4.53. The Hall–Kier alpha value is -2.66. The van der Waals surface area contributed by atoms with Crippen LogP contribution in [0, 0.1) is 0 Å². The molecule has 2 heterocycles. The highest BCUT2D eigenvalue weighted by Gasteiger charge is 2.19. The van der Waals surface area contributed by atoms with Crippen molar-refractivity contribution >= 4 is 28.4 Å². The predicted octanol–water partition coefficient (Wildman–Crippen LogP) is 4.21. The van der Waals surface area contributed by atoms with E-state index in [-0.39, 0.29) is 12.7 Å². The van der Waals surface area contributed by atoms with Crippen LogP contribution in [0.15, 0.2) is 42.5 Å². The van der Waals surface area contributed by atoms with Gasteiger partial charge in [-0.15, -0.1) is 0 Å². The molecule has 128 valence electrons. The molecule has 4 rings (SSSR count). The Morgan fingerprint density at radius 3 is 2.84 bits per heavy atom. The number of benzene rings is 2. The van der Waals surface area contributed by atoms with Crippen LogP contribution in [0.2, 0.25) is 5.02 Å². The summed E-state index contributed by atoms with van der Waals surface area (Å²) in [6.45, 7) is 3.31. The summed E-state index contributed by atoms with van der Waals surface area (Å²) < 4.78 is 10.7. The van der Waals surface area contributed by atoms with Gasteiger partial charge in [0.25, 0.3) is 5.91 Å². The summed E-state index contributed by atoms with van der Waals surface area (Å²) in [5.74, 6) is 1.42.